The van der Waals surface area contributed by atoms with Crippen LogP contribution in [0.1, 0.15) is 46.0 Å². The first kappa shape index (κ1) is 16.7. The molecule has 0 fully saturated rings. The van der Waals surface area contributed by atoms with Crippen LogP contribution in [0, 0.1) is 0 Å². The number of alkyl halides is 3. The summed E-state index contributed by atoms with van der Waals surface area (Å²) in [6.45, 7) is 3.83. The van der Waals surface area contributed by atoms with Gasteiger partial charge in [-0.15, -0.1) is 0 Å². The van der Waals surface area contributed by atoms with Crippen LogP contribution in [0.25, 0.3) is 0 Å². The highest BCUT2D eigenvalue weighted by atomic mass is 19.4. The van der Waals surface area contributed by atoms with Gasteiger partial charge in [-0.05, 0) is 13.0 Å². The third-order valence-corrected chi connectivity index (χ3v) is 2.48. The number of unbranched alkanes of at least 4 members (excludes halogenated alkanes) is 3. The zero-order chi connectivity index (χ0) is 13.1. The van der Waals surface area contributed by atoms with Crippen LogP contribution in [-0.2, 0) is 4.74 Å². The number of nitrogens with one attached hydrogen (secondary N) is 1. The first-order valence-corrected chi connectivity index (χ1v) is 6.37. The number of hydrogen-bond acceptors (Lipinski definition) is 2. The van der Waals surface area contributed by atoms with E-state index in [0.29, 0.717) is 0 Å². The summed E-state index contributed by atoms with van der Waals surface area (Å²) in [6, 6.07) is 0.0409. The largest absolute Gasteiger partial charge is 0.411 e. The summed E-state index contributed by atoms with van der Waals surface area (Å²) in [5.41, 5.74) is 0. The van der Waals surface area contributed by atoms with Gasteiger partial charge in [-0.1, -0.05) is 39.5 Å². The van der Waals surface area contributed by atoms with Gasteiger partial charge in [0.2, 0.25) is 0 Å². The second kappa shape index (κ2) is 9.71. The van der Waals surface area contributed by atoms with E-state index in [0.717, 1.165) is 32.2 Å². The quantitative estimate of drug-likeness (QED) is 0.603. The lowest BCUT2D eigenvalue weighted by Crippen LogP contribution is -2.34. The molecule has 0 amide bonds. The van der Waals surface area contributed by atoms with E-state index in [9.17, 15) is 13.2 Å². The summed E-state index contributed by atoms with van der Waals surface area (Å²) in [5, 5.41) is 3.15. The van der Waals surface area contributed by atoms with E-state index in [1.807, 2.05) is 6.92 Å². The van der Waals surface area contributed by atoms with E-state index >= 15 is 0 Å². The van der Waals surface area contributed by atoms with E-state index in [2.05, 4.69) is 17.0 Å². The Bertz CT molecular complexity index is 174. The monoisotopic (exact) mass is 255 g/mol. The van der Waals surface area contributed by atoms with Crippen molar-refractivity contribution >= 4 is 0 Å². The molecular formula is C12H24F3NO. The summed E-state index contributed by atoms with van der Waals surface area (Å²) in [7, 11) is 0. The van der Waals surface area contributed by atoms with Gasteiger partial charge in [0.1, 0.15) is 6.61 Å². The number of hydrogen-bond donors (Lipinski definition) is 1. The fourth-order valence-electron chi connectivity index (χ4n) is 1.67. The molecule has 1 atom stereocenters. The van der Waals surface area contributed by atoms with Crippen LogP contribution in [-0.4, -0.2) is 32.0 Å². The Balaban J connectivity index is 3.66. The van der Waals surface area contributed by atoms with Gasteiger partial charge in [-0.3, -0.25) is 0 Å². The van der Waals surface area contributed by atoms with Crippen molar-refractivity contribution in [3.8, 4) is 0 Å². The highest BCUT2D eigenvalue weighted by molar-refractivity contribution is 4.65. The van der Waals surface area contributed by atoms with Crippen LogP contribution in [0.5, 0.6) is 0 Å². The predicted molar refractivity (Wildman–Crippen MR) is 63.1 cm³/mol. The zero-order valence-corrected chi connectivity index (χ0v) is 10.8. The van der Waals surface area contributed by atoms with E-state index in [1.165, 1.54) is 6.42 Å². The number of rotatable bonds is 10. The molecule has 2 nitrogen and oxygen atoms in total. The Morgan fingerprint density at radius 2 is 1.82 bits per heavy atom. The van der Waals surface area contributed by atoms with Gasteiger partial charge < -0.3 is 10.1 Å². The van der Waals surface area contributed by atoms with Gasteiger partial charge in [0.05, 0.1) is 6.61 Å². The summed E-state index contributed by atoms with van der Waals surface area (Å²) in [5.74, 6) is 0. The third kappa shape index (κ3) is 12.0. The maximum Gasteiger partial charge on any atom is 0.411 e. The van der Waals surface area contributed by atoms with E-state index in [1.54, 1.807) is 0 Å². The van der Waals surface area contributed by atoms with Gasteiger partial charge in [0, 0.05) is 6.04 Å². The molecular weight excluding hydrogens is 231 g/mol. The number of ether oxygens (including phenoxy) is 1. The number of likely N-dealkylation sites (N-methyl/N-ethyl adjacent to an activating group) is 1. The fraction of sp³-hybridized carbons (Fsp3) is 1.00. The van der Waals surface area contributed by atoms with Crippen LogP contribution in [0.4, 0.5) is 13.2 Å². The molecule has 0 aromatic carbocycles. The van der Waals surface area contributed by atoms with Crippen molar-refractivity contribution in [1.82, 2.24) is 5.32 Å². The van der Waals surface area contributed by atoms with E-state index < -0.39 is 12.8 Å². The molecule has 104 valence electrons. The molecule has 17 heavy (non-hydrogen) atoms. The average Bonchev–Trinajstić information content (AvgIpc) is 2.22. The smallest absolute Gasteiger partial charge is 0.370 e. The van der Waals surface area contributed by atoms with Crippen molar-refractivity contribution in [3.05, 3.63) is 0 Å². The molecule has 0 heterocycles. The highest BCUT2D eigenvalue weighted by Gasteiger charge is 2.27. The fourth-order valence-corrected chi connectivity index (χ4v) is 1.67. The molecule has 0 radical (unpaired) electrons. The second-order valence-corrected chi connectivity index (χ2v) is 4.23. The van der Waals surface area contributed by atoms with Crippen molar-refractivity contribution in [2.45, 2.75) is 58.2 Å². The SMILES string of the molecule is CCCCCCC(COCC(F)(F)F)NCC. The minimum Gasteiger partial charge on any atom is -0.370 e. The first-order chi connectivity index (χ1) is 7.99. The first-order valence-electron chi connectivity index (χ1n) is 6.37. The van der Waals surface area contributed by atoms with Gasteiger partial charge in [-0.2, -0.15) is 13.2 Å². The maximum atomic E-state index is 11.9. The summed E-state index contributed by atoms with van der Waals surface area (Å²) < 4.78 is 40.4. The van der Waals surface area contributed by atoms with Gasteiger partial charge in [0.15, 0.2) is 0 Å². The Kier molecular flexibility index (Phi) is 9.55. The standard InChI is InChI=1S/C12H24F3NO/c1-3-5-6-7-8-11(16-4-2)9-17-10-12(13,14)15/h11,16H,3-10H2,1-2H3. The lowest BCUT2D eigenvalue weighted by atomic mass is 10.1. The van der Waals surface area contributed by atoms with Crippen LogP contribution >= 0.6 is 0 Å². The Hall–Kier alpha value is -0.290. The van der Waals surface area contributed by atoms with Crippen LogP contribution in [0.3, 0.4) is 0 Å². The maximum absolute atomic E-state index is 11.9. The van der Waals surface area contributed by atoms with Crippen molar-refractivity contribution in [2.75, 3.05) is 19.8 Å². The Labute approximate surface area is 102 Å². The van der Waals surface area contributed by atoms with Crippen molar-refractivity contribution in [1.29, 1.82) is 0 Å². The van der Waals surface area contributed by atoms with Gasteiger partial charge in [0.25, 0.3) is 0 Å². The molecule has 0 saturated carbocycles. The van der Waals surface area contributed by atoms with Gasteiger partial charge in [-0.25, -0.2) is 0 Å². The van der Waals surface area contributed by atoms with Crippen molar-refractivity contribution < 1.29 is 17.9 Å². The zero-order valence-electron chi connectivity index (χ0n) is 10.8. The molecule has 5 heteroatoms. The molecule has 0 bridgehead atoms. The van der Waals surface area contributed by atoms with Crippen LogP contribution in [0.15, 0.2) is 0 Å². The molecule has 1 unspecified atom stereocenters. The van der Waals surface area contributed by atoms with E-state index in [4.69, 9.17) is 0 Å². The topological polar surface area (TPSA) is 21.3 Å². The van der Waals surface area contributed by atoms with Gasteiger partial charge >= 0.3 is 6.18 Å². The number of halogens is 3. The summed E-state index contributed by atoms with van der Waals surface area (Å²) >= 11 is 0. The molecule has 1 N–H and O–H groups in total. The normalized spacial score (nSPS) is 13.9. The third-order valence-electron chi connectivity index (χ3n) is 2.48. The summed E-state index contributed by atoms with van der Waals surface area (Å²) in [4.78, 5) is 0. The second-order valence-electron chi connectivity index (χ2n) is 4.23. The molecule has 0 aromatic rings. The molecule has 0 saturated heterocycles. The van der Waals surface area contributed by atoms with Crippen molar-refractivity contribution in [3.63, 3.8) is 0 Å². The predicted octanol–water partition coefficient (Wildman–Crippen LogP) is 3.51. The van der Waals surface area contributed by atoms with Crippen molar-refractivity contribution in [2.24, 2.45) is 0 Å². The lowest BCUT2D eigenvalue weighted by Gasteiger charge is -2.18. The van der Waals surface area contributed by atoms with Crippen LogP contribution < -0.4 is 5.32 Å². The average molecular weight is 255 g/mol. The lowest BCUT2D eigenvalue weighted by molar-refractivity contribution is -0.175. The van der Waals surface area contributed by atoms with E-state index in [-0.39, 0.29) is 12.6 Å². The molecule has 0 aromatic heterocycles. The summed E-state index contributed by atoms with van der Waals surface area (Å²) in [6.07, 6.45) is 1.18. The molecule has 0 rings (SSSR count). The minimum absolute atomic E-state index is 0.0409. The highest BCUT2D eigenvalue weighted by Crippen LogP contribution is 2.15. The minimum atomic E-state index is -4.22. The van der Waals surface area contributed by atoms with Crippen LogP contribution in [0.2, 0.25) is 0 Å². The Morgan fingerprint density at radius 1 is 1.12 bits per heavy atom. The molecule has 0 aliphatic carbocycles. The molecule has 0 spiro atoms. The molecule has 0 aliphatic heterocycles. The molecule has 0 aliphatic rings. The Morgan fingerprint density at radius 3 is 2.35 bits per heavy atom.